The van der Waals surface area contributed by atoms with Crippen LogP contribution < -0.4 is 5.32 Å². The molecule has 1 aromatic carbocycles. The number of carboxylic acid groups (broad SMARTS) is 1. The van der Waals surface area contributed by atoms with Gasteiger partial charge in [0.25, 0.3) is 11.8 Å². The zero-order valence-electron chi connectivity index (χ0n) is 17.9. The van der Waals surface area contributed by atoms with E-state index >= 15 is 0 Å². The normalized spacial score (nSPS) is 14.1. The third-order valence-corrected chi connectivity index (χ3v) is 5.35. The third-order valence-electron chi connectivity index (χ3n) is 5.35. The van der Waals surface area contributed by atoms with Crippen molar-refractivity contribution < 1.29 is 24.3 Å². The van der Waals surface area contributed by atoms with E-state index in [1.807, 2.05) is 30.3 Å². The van der Waals surface area contributed by atoms with Gasteiger partial charge in [-0.05, 0) is 18.4 Å². The van der Waals surface area contributed by atoms with Crippen molar-refractivity contribution in [2.24, 2.45) is 0 Å². The Hall–Kier alpha value is -2.96. The maximum atomic E-state index is 12.1. The Balaban J connectivity index is 1.47. The van der Waals surface area contributed by atoms with Crippen molar-refractivity contribution in [3.63, 3.8) is 0 Å². The van der Waals surface area contributed by atoms with Crippen molar-refractivity contribution in [2.45, 2.75) is 70.3 Å². The van der Waals surface area contributed by atoms with E-state index in [-0.39, 0.29) is 24.1 Å². The lowest BCUT2D eigenvalue weighted by Gasteiger charge is -2.14. The van der Waals surface area contributed by atoms with Gasteiger partial charge >= 0.3 is 5.97 Å². The van der Waals surface area contributed by atoms with Gasteiger partial charge in [-0.15, -0.1) is 0 Å². The Morgan fingerprint density at radius 3 is 1.97 bits per heavy atom. The number of benzene rings is 1. The summed E-state index contributed by atoms with van der Waals surface area (Å²) in [4.78, 5) is 47.6. The zero-order chi connectivity index (χ0) is 22.5. The first kappa shape index (κ1) is 24.3. The van der Waals surface area contributed by atoms with Gasteiger partial charge in [0.2, 0.25) is 5.91 Å². The number of unbranched alkanes of at least 4 members (excludes halogenated alkanes) is 7. The zero-order valence-corrected chi connectivity index (χ0v) is 17.9. The molecule has 1 aliphatic heterocycles. The highest BCUT2D eigenvalue weighted by molar-refractivity contribution is 6.12. The molecule has 7 nitrogen and oxygen atoms in total. The van der Waals surface area contributed by atoms with Crippen LogP contribution in [0.2, 0.25) is 0 Å². The minimum absolute atomic E-state index is 0.219. The molecule has 0 fully saturated rings. The van der Waals surface area contributed by atoms with E-state index < -0.39 is 12.0 Å². The predicted molar refractivity (Wildman–Crippen MR) is 117 cm³/mol. The molecule has 7 heteroatoms. The first-order valence-electron chi connectivity index (χ1n) is 11.1. The fourth-order valence-electron chi connectivity index (χ4n) is 3.58. The van der Waals surface area contributed by atoms with Gasteiger partial charge in [-0.25, -0.2) is 4.79 Å². The SMILES string of the molecule is O=C(CCCCCCCCCCN1C(=O)C=CC1=O)NC(Cc1ccccc1)C(=O)O. The molecule has 3 amide bonds. The summed E-state index contributed by atoms with van der Waals surface area (Å²) in [6.07, 6.45) is 11.0. The van der Waals surface area contributed by atoms with E-state index in [0.717, 1.165) is 56.9 Å². The van der Waals surface area contributed by atoms with Crippen molar-refractivity contribution >= 4 is 23.7 Å². The van der Waals surface area contributed by atoms with Crippen LogP contribution in [0.15, 0.2) is 42.5 Å². The van der Waals surface area contributed by atoms with E-state index in [4.69, 9.17) is 0 Å². The molecule has 1 atom stereocenters. The van der Waals surface area contributed by atoms with Gasteiger partial charge in [0.1, 0.15) is 6.04 Å². The van der Waals surface area contributed by atoms with Gasteiger partial charge < -0.3 is 10.4 Å². The molecule has 2 rings (SSSR count). The average Bonchev–Trinajstić information content (AvgIpc) is 3.07. The molecule has 1 heterocycles. The first-order valence-corrected chi connectivity index (χ1v) is 11.1. The summed E-state index contributed by atoms with van der Waals surface area (Å²) in [5.74, 6) is -1.68. The van der Waals surface area contributed by atoms with Crippen molar-refractivity contribution in [3.05, 3.63) is 48.0 Å². The number of amides is 3. The molecule has 0 aromatic heterocycles. The van der Waals surface area contributed by atoms with Crippen LogP contribution in [0.25, 0.3) is 0 Å². The molecule has 0 spiro atoms. The van der Waals surface area contributed by atoms with Crippen LogP contribution in [0.4, 0.5) is 0 Å². The lowest BCUT2D eigenvalue weighted by atomic mass is 10.0. The Kier molecular flexibility index (Phi) is 10.5. The summed E-state index contributed by atoms with van der Waals surface area (Å²) in [6.45, 7) is 0.487. The Morgan fingerprint density at radius 1 is 0.839 bits per heavy atom. The van der Waals surface area contributed by atoms with Gasteiger partial charge in [-0.3, -0.25) is 19.3 Å². The fourth-order valence-corrected chi connectivity index (χ4v) is 3.58. The average molecular weight is 429 g/mol. The number of carbonyl (C=O) groups excluding carboxylic acids is 3. The number of nitrogens with one attached hydrogen (secondary N) is 1. The number of rotatable bonds is 15. The number of nitrogens with zero attached hydrogens (tertiary/aromatic N) is 1. The van der Waals surface area contributed by atoms with E-state index in [2.05, 4.69) is 5.32 Å². The lowest BCUT2D eigenvalue weighted by Crippen LogP contribution is -2.42. The molecule has 2 N–H and O–H groups in total. The number of hydrogen-bond donors (Lipinski definition) is 2. The molecule has 0 bridgehead atoms. The number of imide groups is 1. The summed E-state index contributed by atoms with van der Waals surface area (Å²) in [5.41, 5.74) is 0.880. The van der Waals surface area contributed by atoms with Crippen LogP contribution in [0.5, 0.6) is 0 Å². The number of carboxylic acids is 1. The Bertz CT molecular complexity index is 757. The number of carbonyl (C=O) groups is 4. The molecule has 0 saturated heterocycles. The van der Waals surface area contributed by atoms with Crippen LogP contribution in [-0.2, 0) is 25.6 Å². The first-order chi connectivity index (χ1) is 15.0. The summed E-state index contributed by atoms with van der Waals surface area (Å²) < 4.78 is 0. The third kappa shape index (κ3) is 9.15. The van der Waals surface area contributed by atoms with E-state index in [1.165, 1.54) is 17.1 Å². The van der Waals surface area contributed by atoms with Crippen LogP contribution in [0.3, 0.4) is 0 Å². The second kappa shape index (κ2) is 13.4. The molecule has 31 heavy (non-hydrogen) atoms. The molecule has 0 radical (unpaired) electrons. The fraction of sp³-hybridized carbons (Fsp3) is 0.500. The molecular weight excluding hydrogens is 396 g/mol. The quantitative estimate of drug-likeness (QED) is 0.330. The van der Waals surface area contributed by atoms with E-state index in [1.54, 1.807) is 0 Å². The highest BCUT2D eigenvalue weighted by Crippen LogP contribution is 2.12. The van der Waals surface area contributed by atoms with Crippen molar-refractivity contribution in [1.82, 2.24) is 10.2 Å². The lowest BCUT2D eigenvalue weighted by molar-refractivity contribution is -0.141. The number of hydrogen-bond acceptors (Lipinski definition) is 4. The van der Waals surface area contributed by atoms with E-state index in [9.17, 15) is 24.3 Å². The predicted octanol–water partition coefficient (Wildman–Crippen LogP) is 3.23. The van der Waals surface area contributed by atoms with Crippen LogP contribution in [-0.4, -0.2) is 46.3 Å². The topological polar surface area (TPSA) is 104 Å². The van der Waals surface area contributed by atoms with Crippen LogP contribution >= 0.6 is 0 Å². The molecule has 1 aliphatic rings. The maximum Gasteiger partial charge on any atom is 0.326 e. The van der Waals surface area contributed by atoms with Gasteiger partial charge in [0.05, 0.1) is 0 Å². The highest BCUT2D eigenvalue weighted by Gasteiger charge is 2.22. The minimum Gasteiger partial charge on any atom is -0.480 e. The van der Waals surface area contributed by atoms with Gasteiger partial charge in [0.15, 0.2) is 0 Å². The van der Waals surface area contributed by atoms with Crippen LogP contribution in [0, 0.1) is 0 Å². The summed E-state index contributed by atoms with van der Waals surface area (Å²) in [7, 11) is 0. The molecule has 168 valence electrons. The van der Waals surface area contributed by atoms with Crippen molar-refractivity contribution in [3.8, 4) is 0 Å². The summed E-state index contributed by atoms with van der Waals surface area (Å²) in [6, 6.07) is 8.37. The Labute approximate surface area is 183 Å². The van der Waals surface area contributed by atoms with Crippen LogP contribution in [0.1, 0.15) is 63.4 Å². The smallest absolute Gasteiger partial charge is 0.326 e. The molecule has 1 unspecified atom stereocenters. The highest BCUT2D eigenvalue weighted by atomic mass is 16.4. The largest absolute Gasteiger partial charge is 0.480 e. The molecule has 1 aromatic rings. The number of aliphatic carboxylic acids is 1. The monoisotopic (exact) mass is 428 g/mol. The molecule has 0 saturated carbocycles. The Morgan fingerprint density at radius 2 is 1.39 bits per heavy atom. The summed E-state index contributed by atoms with van der Waals surface area (Å²) >= 11 is 0. The van der Waals surface area contributed by atoms with E-state index in [0.29, 0.717) is 13.0 Å². The minimum atomic E-state index is -1.02. The van der Waals surface area contributed by atoms with Gasteiger partial charge in [-0.2, -0.15) is 0 Å². The molecule has 0 aliphatic carbocycles. The summed E-state index contributed by atoms with van der Waals surface area (Å²) in [5, 5.41) is 12.0. The molecular formula is C24H32N2O5. The second-order valence-corrected chi connectivity index (χ2v) is 7.89. The van der Waals surface area contributed by atoms with Crippen molar-refractivity contribution in [1.29, 1.82) is 0 Å². The van der Waals surface area contributed by atoms with Crippen molar-refractivity contribution in [2.75, 3.05) is 6.54 Å². The standard InChI is InChI=1S/C24H32N2O5/c27-21(25-20(24(30)31)18-19-12-8-7-9-13-19)14-10-5-3-1-2-4-6-11-17-26-22(28)15-16-23(26)29/h7-9,12-13,15-16,20H,1-6,10-11,14,17-18H2,(H,25,27)(H,30,31). The van der Waals surface area contributed by atoms with Gasteiger partial charge in [-0.1, -0.05) is 68.9 Å². The maximum absolute atomic E-state index is 12.1. The van der Waals surface area contributed by atoms with Gasteiger partial charge in [0, 0.05) is 31.5 Å². The second-order valence-electron chi connectivity index (χ2n) is 7.89.